The molecule has 1 aromatic carbocycles. The predicted molar refractivity (Wildman–Crippen MR) is 133 cm³/mol. The summed E-state index contributed by atoms with van der Waals surface area (Å²) in [6.07, 6.45) is 14.0. The van der Waals surface area contributed by atoms with E-state index in [0.717, 1.165) is 67.9 Å². The molecule has 0 radical (unpaired) electrons. The van der Waals surface area contributed by atoms with Gasteiger partial charge in [0.25, 0.3) is 0 Å². The van der Waals surface area contributed by atoms with E-state index >= 15 is 0 Å². The SMILES string of the molecule is CCCC(=CC=C(C)CC)C1CCCc2nnc(Nc3ccc4ncccc4c3CC)n21. The highest BCUT2D eigenvalue weighted by Crippen LogP contribution is 2.37. The lowest BCUT2D eigenvalue weighted by molar-refractivity contribution is 0.438. The van der Waals surface area contributed by atoms with Crippen LogP contribution in [0.25, 0.3) is 10.9 Å². The molecule has 0 saturated carbocycles. The molecule has 0 amide bonds. The fourth-order valence-electron chi connectivity index (χ4n) is 4.69. The Morgan fingerprint density at radius 2 is 2.03 bits per heavy atom. The van der Waals surface area contributed by atoms with E-state index in [0.29, 0.717) is 6.04 Å². The highest BCUT2D eigenvalue weighted by Gasteiger charge is 2.27. The van der Waals surface area contributed by atoms with Crippen LogP contribution < -0.4 is 5.32 Å². The molecule has 4 rings (SSSR count). The lowest BCUT2D eigenvalue weighted by Gasteiger charge is -2.29. The standard InChI is InChI=1S/C27H35N5/c1-5-10-20(15-14-19(4)6-2)25-12-8-13-26-30-31-27(32(25)26)29-24-17-16-23-22(21(24)7-3)11-9-18-28-23/h9,11,14-18,25H,5-8,10,12-13H2,1-4H3,(H,29,31). The first-order valence-electron chi connectivity index (χ1n) is 12.1. The van der Waals surface area contributed by atoms with Crippen molar-refractivity contribution in [3.8, 4) is 0 Å². The lowest BCUT2D eigenvalue weighted by atomic mass is 9.93. The van der Waals surface area contributed by atoms with Crippen LogP contribution in [-0.4, -0.2) is 19.7 Å². The number of aryl methyl sites for hydroxylation is 2. The number of hydrogen-bond donors (Lipinski definition) is 1. The van der Waals surface area contributed by atoms with E-state index in [2.05, 4.69) is 83.1 Å². The number of benzene rings is 1. The third-order valence-electron chi connectivity index (χ3n) is 6.56. The highest BCUT2D eigenvalue weighted by atomic mass is 15.4. The van der Waals surface area contributed by atoms with Crippen LogP contribution in [0.1, 0.15) is 77.2 Å². The van der Waals surface area contributed by atoms with Crippen LogP contribution >= 0.6 is 0 Å². The van der Waals surface area contributed by atoms with Crippen LogP contribution in [0.5, 0.6) is 0 Å². The first-order valence-corrected chi connectivity index (χ1v) is 12.1. The zero-order valence-electron chi connectivity index (χ0n) is 19.9. The summed E-state index contributed by atoms with van der Waals surface area (Å²) in [7, 11) is 0. The number of rotatable bonds is 8. The molecule has 3 heterocycles. The van der Waals surface area contributed by atoms with Gasteiger partial charge in [-0.05, 0) is 68.4 Å². The molecular formula is C27H35N5. The van der Waals surface area contributed by atoms with Gasteiger partial charge in [-0.2, -0.15) is 0 Å². The van der Waals surface area contributed by atoms with Crippen LogP contribution in [0.4, 0.5) is 11.6 Å². The summed E-state index contributed by atoms with van der Waals surface area (Å²) >= 11 is 0. The van der Waals surface area contributed by atoms with Crippen molar-refractivity contribution in [2.45, 2.75) is 78.7 Å². The summed E-state index contributed by atoms with van der Waals surface area (Å²) < 4.78 is 2.35. The van der Waals surface area contributed by atoms with Crippen LogP contribution in [-0.2, 0) is 12.8 Å². The van der Waals surface area contributed by atoms with E-state index in [1.165, 1.54) is 22.1 Å². The van der Waals surface area contributed by atoms with Crippen molar-refractivity contribution in [3.05, 3.63) is 65.1 Å². The molecule has 0 bridgehead atoms. The molecule has 1 N–H and O–H groups in total. The van der Waals surface area contributed by atoms with Crippen LogP contribution in [0.2, 0.25) is 0 Å². The van der Waals surface area contributed by atoms with Gasteiger partial charge in [-0.1, -0.05) is 51.0 Å². The molecule has 0 fully saturated rings. The topological polar surface area (TPSA) is 55.6 Å². The van der Waals surface area contributed by atoms with Crippen LogP contribution in [0.15, 0.2) is 53.8 Å². The van der Waals surface area contributed by atoms with Crippen molar-refractivity contribution in [2.75, 3.05) is 5.32 Å². The third-order valence-corrected chi connectivity index (χ3v) is 6.56. The van der Waals surface area contributed by atoms with E-state index in [1.54, 1.807) is 0 Å². The fourth-order valence-corrected chi connectivity index (χ4v) is 4.69. The second-order valence-electron chi connectivity index (χ2n) is 8.72. The maximum Gasteiger partial charge on any atom is 0.229 e. The highest BCUT2D eigenvalue weighted by molar-refractivity contribution is 5.88. The Morgan fingerprint density at radius 1 is 1.16 bits per heavy atom. The van der Waals surface area contributed by atoms with Gasteiger partial charge >= 0.3 is 0 Å². The Morgan fingerprint density at radius 3 is 2.81 bits per heavy atom. The van der Waals surface area contributed by atoms with Crippen molar-refractivity contribution in [2.24, 2.45) is 0 Å². The third kappa shape index (κ3) is 4.47. The first-order chi connectivity index (χ1) is 15.7. The molecule has 1 atom stereocenters. The minimum Gasteiger partial charge on any atom is -0.324 e. The van der Waals surface area contributed by atoms with Crippen molar-refractivity contribution >= 4 is 22.5 Å². The average molecular weight is 430 g/mol. The van der Waals surface area contributed by atoms with Gasteiger partial charge in [0.1, 0.15) is 5.82 Å². The fraction of sp³-hybridized carbons (Fsp3) is 0.444. The molecule has 1 aliphatic rings. The summed E-state index contributed by atoms with van der Waals surface area (Å²) in [6, 6.07) is 8.68. The minimum absolute atomic E-state index is 0.310. The van der Waals surface area contributed by atoms with Gasteiger partial charge < -0.3 is 5.32 Å². The van der Waals surface area contributed by atoms with Crippen molar-refractivity contribution in [3.63, 3.8) is 0 Å². The van der Waals surface area contributed by atoms with Gasteiger partial charge in [0, 0.05) is 23.7 Å². The number of nitrogens with one attached hydrogen (secondary N) is 1. The summed E-state index contributed by atoms with van der Waals surface area (Å²) in [5, 5.41) is 14.0. The molecule has 3 aromatic rings. The molecule has 168 valence electrons. The Labute approximate surface area is 191 Å². The summed E-state index contributed by atoms with van der Waals surface area (Å²) in [4.78, 5) is 4.52. The number of allylic oxidation sites excluding steroid dienone is 4. The Bertz CT molecular complexity index is 1140. The first kappa shape index (κ1) is 22.3. The zero-order chi connectivity index (χ0) is 22.5. The van der Waals surface area contributed by atoms with Gasteiger partial charge in [-0.3, -0.25) is 9.55 Å². The van der Waals surface area contributed by atoms with Gasteiger partial charge in [-0.25, -0.2) is 0 Å². The molecule has 0 saturated heterocycles. The van der Waals surface area contributed by atoms with Gasteiger partial charge in [0.2, 0.25) is 5.95 Å². The number of anilines is 2. The summed E-state index contributed by atoms with van der Waals surface area (Å²) in [5.41, 5.74) is 6.28. The van der Waals surface area contributed by atoms with E-state index in [9.17, 15) is 0 Å². The molecule has 5 nitrogen and oxygen atoms in total. The molecule has 32 heavy (non-hydrogen) atoms. The quantitative estimate of drug-likeness (QED) is 0.388. The number of fused-ring (bicyclic) bond motifs is 2. The number of nitrogens with zero attached hydrogens (tertiary/aromatic N) is 4. The van der Waals surface area contributed by atoms with E-state index in [1.807, 2.05) is 12.3 Å². The van der Waals surface area contributed by atoms with Gasteiger partial charge in [-0.15, -0.1) is 10.2 Å². The summed E-state index contributed by atoms with van der Waals surface area (Å²) in [5.74, 6) is 1.93. The second kappa shape index (κ2) is 10.1. The maximum atomic E-state index is 4.60. The smallest absolute Gasteiger partial charge is 0.229 e. The van der Waals surface area contributed by atoms with Crippen molar-refractivity contribution < 1.29 is 0 Å². The molecule has 2 aromatic heterocycles. The number of pyridine rings is 1. The van der Waals surface area contributed by atoms with E-state index in [-0.39, 0.29) is 0 Å². The molecular weight excluding hydrogens is 394 g/mol. The monoisotopic (exact) mass is 429 g/mol. The van der Waals surface area contributed by atoms with Crippen molar-refractivity contribution in [1.29, 1.82) is 0 Å². The molecule has 0 aliphatic carbocycles. The largest absolute Gasteiger partial charge is 0.324 e. The Hall–Kier alpha value is -2.95. The maximum absolute atomic E-state index is 4.60. The van der Waals surface area contributed by atoms with Gasteiger partial charge in [0.05, 0.1) is 11.6 Å². The molecule has 0 spiro atoms. The van der Waals surface area contributed by atoms with Crippen molar-refractivity contribution in [1.82, 2.24) is 19.7 Å². The Balaban J connectivity index is 1.74. The van der Waals surface area contributed by atoms with Crippen LogP contribution in [0, 0.1) is 0 Å². The predicted octanol–water partition coefficient (Wildman–Crippen LogP) is 7.09. The molecule has 1 unspecified atom stereocenters. The normalized spacial score (nSPS) is 16.9. The van der Waals surface area contributed by atoms with E-state index < -0.39 is 0 Å². The van der Waals surface area contributed by atoms with Gasteiger partial charge in [0.15, 0.2) is 0 Å². The number of aromatic nitrogens is 4. The minimum atomic E-state index is 0.310. The molecule has 1 aliphatic heterocycles. The summed E-state index contributed by atoms with van der Waals surface area (Å²) in [6.45, 7) is 8.87. The zero-order valence-corrected chi connectivity index (χ0v) is 19.9. The lowest BCUT2D eigenvalue weighted by Crippen LogP contribution is -2.21. The average Bonchev–Trinajstić information content (AvgIpc) is 3.24. The molecule has 5 heteroatoms. The second-order valence-corrected chi connectivity index (χ2v) is 8.72. The van der Waals surface area contributed by atoms with E-state index in [4.69, 9.17) is 0 Å². The Kier molecular flexibility index (Phi) is 7.03. The number of hydrogen-bond acceptors (Lipinski definition) is 4. The van der Waals surface area contributed by atoms with Crippen LogP contribution in [0.3, 0.4) is 0 Å².